The summed E-state index contributed by atoms with van der Waals surface area (Å²) in [6.45, 7) is 0.200. The van der Waals surface area contributed by atoms with Gasteiger partial charge in [0.15, 0.2) is 0 Å². The van der Waals surface area contributed by atoms with E-state index in [0.717, 1.165) is 10.6 Å². The summed E-state index contributed by atoms with van der Waals surface area (Å²) in [5.74, 6) is -0.550. The number of rotatable bonds is 7. The fraction of sp³-hybridized carbons (Fsp3) is 0.158. The van der Waals surface area contributed by atoms with E-state index in [-0.39, 0.29) is 24.8 Å². The summed E-state index contributed by atoms with van der Waals surface area (Å²) in [5.41, 5.74) is 1.52. The molecule has 0 unspecified atom stereocenters. The summed E-state index contributed by atoms with van der Waals surface area (Å²) >= 11 is 7.31. The average molecular weight is 401 g/mol. The lowest BCUT2D eigenvalue weighted by atomic mass is 10.2. The molecule has 0 saturated carbocycles. The molecule has 8 heteroatoms. The molecule has 138 valence electrons. The van der Waals surface area contributed by atoms with Gasteiger partial charge in [-0.2, -0.15) is 0 Å². The maximum absolute atomic E-state index is 12.0. The molecular weight excluding hydrogens is 384 g/mol. The fourth-order valence-corrected chi connectivity index (χ4v) is 3.37. The number of hydrogen-bond acceptors (Lipinski definition) is 5. The van der Waals surface area contributed by atoms with Crippen LogP contribution in [0.2, 0.25) is 5.02 Å². The molecule has 3 aromatic rings. The zero-order valence-corrected chi connectivity index (χ0v) is 15.9. The first kappa shape index (κ1) is 19.0. The van der Waals surface area contributed by atoms with Gasteiger partial charge in [0.2, 0.25) is 11.0 Å². The number of carbonyl (C=O) groups excluding carboxylic acids is 2. The first-order chi connectivity index (χ1) is 13.1. The molecule has 0 radical (unpaired) electrons. The second-order valence-electron chi connectivity index (χ2n) is 5.70. The molecule has 2 amide bonds. The predicted octanol–water partition coefficient (Wildman–Crippen LogP) is 3.54. The number of hydrogen-bond donors (Lipinski definition) is 2. The molecule has 1 aromatic heterocycles. The summed E-state index contributed by atoms with van der Waals surface area (Å²) in [6.07, 6.45) is 0.798. The average Bonchev–Trinajstić information content (AvgIpc) is 3.09. The van der Waals surface area contributed by atoms with Crippen molar-refractivity contribution in [1.82, 2.24) is 15.5 Å². The topological polar surface area (TPSA) is 84.0 Å². The quantitative estimate of drug-likeness (QED) is 0.635. The van der Waals surface area contributed by atoms with E-state index in [9.17, 15) is 9.59 Å². The molecule has 0 atom stereocenters. The van der Waals surface area contributed by atoms with Gasteiger partial charge in [-0.15, -0.1) is 10.2 Å². The highest BCUT2D eigenvalue weighted by Crippen LogP contribution is 2.18. The molecule has 1 heterocycles. The number of aromatic nitrogens is 2. The van der Waals surface area contributed by atoms with E-state index in [0.29, 0.717) is 22.1 Å². The minimum Gasteiger partial charge on any atom is -0.351 e. The Hall–Kier alpha value is -2.77. The summed E-state index contributed by atoms with van der Waals surface area (Å²) in [7, 11) is 0. The largest absolute Gasteiger partial charge is 0.351 e. The third-order valence-corrected chi connectivity index (χ3v) is 4.84. The van der Waals surface area contributed by atoms with Crippen molar-refractivity contribution in [2.75, 3.05) is 11.9 Å². The summed E-state index contributed by atoms with van der Waals surface area (Å²) < 4.78 is 0. The van der Waals surface area contributed by atoms with Crippen LogP contribution in [-0.2, 0) is 11.2 Å². The van der Waals surface area contributed by atoms with Crippen LogP contribution in [0.4, 0.5) is 5.13 Å². The van der Waals surface area contributed by atoms with E-state index < -0.39 is 0 Å². The number of anilines is 1. The lowest BCUT2D eigenvalue weighted by molar-refractivity contribution is -0.116. The van der Waals surface area contributed by atoms with E-state index >= 15 is 0 Å². The molecular formula is C19H17ClN4O2S. The monoisotopic (exact) mass is 400 g/mol. The van der Waals surface area contributed by atoms with Gasteiger partial charge in [-0.05, 0) is 17.7 Å². The van der Waals surface area contributed by atoms with Crippen molar-refractivity contribution in [3.8, 4) is 0 Å². The van der Waals surface area contributed by atoms with Gasteiger partial charge in [0.25, 0.3) is 5.91 Å². The molecule has 0 aliphatic heterocycles. The first-order valence-electron chi connectivity index (χ1n) is 8.30. The smallest absolute Gasteiger partial charge is 0.252 e. The highest BCUT2D eigenvalue weighted by Gasteiger charge is 2.11. The molecule has 0 aliphatic carbocycles. The van der Waals surface area contributed by atoms with Gasteiger partial charge >= 0.3 is 0 Å². The van der Waals surface area contributed by atoms with E-state index in [2.05, 4.69) is 20.8 Å². The van der Waals surface area contributed by atoms with Gasteiger partial charge in [-0.1, -0.05) is 65.4 Å². The van der Waals surface area contributed by atoms with Crippen molar-refractivity contribution in [3.63, 3.8) is 0 Å². The van der Waals surface area contributed by atoms with E-state index in [1.54, 1.807) is 24.3 Å². The summed E-state index contributed by atoms with van der Waals surface area (Å²) in [4.78, 5) is 24.1. The lowest BCUT2D eigenvalue weighted by Crippen LogP contribution is -2.27. The molecule has 0 fully saturated rings. The van der Waals surface area contributed by atoms with Crippen LogP contribution in [0.5, 0.6) is 0 Å². The number of nitrogens with one attached hydrogen (secondary N) is 2. The Balaban J connectivity index is 1.44. The molecule has 2 N–H and O–H groups in total. The SMILES string of the molecule is O=C(CCNC(=O)c1ccccc1Cl)Nc1nnc(Cc2ccccc2)s1. The maximum atomic E-state index is 12.0. The van der Waals surface area contributed by atoms with Crippen LogP contribution in [0.15, 0.2) is 54.6 Å². The van der Waals surface area contributed by atoms with E-state index in [4.69, 9.17) is 11.6 Å². The summed E-state index contributed by atoms with van der Waals surface area (Å²) in [6, 6.07) is 16.7. The van der Waals surface area contributed by atoms with Gasteiger partial charge in [0, 0.05) is 19.4 Å². The Kier molecular flexibility index (Phi) is 6.51. The van der Waals surface area contributed by atoms with Gasteiger partial charge in [-0.25, -0.2) is 0 Å². The van der Waals surface area contributed by atoms with E-state index in [1.165, 1.54) is 11.3 Å². The zero-order valence-electron chi connectivity index (χ0n) is 14.3. The van der Waals surface area contributed by atoms with Crippen LogP contribution >= 0.6 is 22.9 Å². The number of amides is 2. The minimum atomic E-state index is -0.311. The van der Waals surface area contributed by atoms with Crippen molar-refractivity contribution >= 4 is 39.9 Å². The fourth-order valence-electron chi connectivity index (χ4n) is 2.36. The molecule has 27 heavy (non-hydrogen) atoms. The standard InChI is InChI=1S/C19H17ClN4O2S/c20-15-9-5-4-8-14(15)18(26)21-11-10-16(25)22-19-24-23-17(27-19)12-13-6-2-1-3-7-13/h1-9H,10-12H2,(H,21,26)(H,22,24,25). The van der Waals surface area contributed by atoms with Gasteiger partial charge in [-0.3, -0.25) is 9.59 Å². The Bertz CT molecular complexity index is 930. The van der Waals surface area contributed by atoms with Crippen molar-refractivity contribution < 1.29 is 9.59 Å². The normalized spacial score (nSPS) is 10.4. The second-order valence-corrected chi connectivity index (χ2v) is 7.17. The van der Waals surface area contributed by atoms with E-state index in [1.807, 2.05) is 30.3 Å². The van der Waals surface area contributed by atoms with Crippen LogP contribution < -0.4 is 10.6 Å². The van der Waals surface area contributed by atoms with Crippen LogP contribution in [0.25, 0.3) is 0 Å². The van der Waals surface area contributed by atoms with Gasteiger partial charge in [0.05, 0.1) is 10.6 Å². The molecule has 0 spiro atoms. The number of benzene rings is 2. The van der Waals surface area contributed by atoms with Crippen LogP contribution in [-0.4, -0.2) is 28.6 Å². The maximum Gasteiger partial charge on any atom is 0.252 e. The third kappa shape index (κ3) is 5.60. The Morgan fingerprint density at radius 1 is 1.00 bits per heavy atom. The van der Waals surface area contributed by atoms with Crippen molar-refractivity contribution in [2.24, 2.45) is 0 Å². The number of carbonyl (C=O) groups is 2. The predicted molar refractivity (Wildman–Crippen MR) is 106 cm³/mol. The molecule has 6 nitrogen and oxygen atoms in total. The van der Waals surface area contributed by atoms with Gasteiger partial charge in [0.1, 0.15) is 5.01 Å². The van der Waals surface area contributed by atoms with Crippen LogP contribution in [0, 0.1) is 0 Å². The van der Waals surface area contributed by atoms with Crippen molar-refractivity contribution in [1.29, 1.82) is 0 Å². The Labute approximate surface area is 165 Å². The molecule has 0 saturated heterocycles. The van der Waals surface area contributed by atoms with Crippen LogP contribution in [0.1, 0.15) is 27.3 Å². The first-order valence-corrected chi connectivity index (χ1v) is 9.50. The zero-order chi connectivity index (χ0) is 19.1. The highest BCUT2D eigenvalue weighted by molar-refractivity contribution is 7.15. The molecule has 0 aliphatic rings. The highest BCUT2D eigenvalue weighted by atomic mass is 35.5. The van der Waals surface area contributed by atoms with Crippen LogP contribution in [0.3, 0.4) is 0 Å². The van der Waals surface area contributed by atoms with Crippen molar-refractivity contribution in [3.05, 3.63) is 75.8 Å². The molecule has 3 rings (SSSR count). The molecule has 2 aromatic carbocycles. The minimum absolute atomic E-state index is 0.129. The summed E-state index contributed by atoms with van der Waals surface area (Å²) in [5, 5.41) is 15.1. The van der Waals surface area contributed by atoms with Gasteiger partial charge < -0.3 is 10.6 Å². The number of nitrogens with zero attached hydrogens (tertiary/aromatic N) is 2. The lowest BCUT2D eigenvalue weighted by Gasteiger charge is -2.06. The van der Waals surface area contributed by atoms with Crippen molar-refractivity contribution in [2.45, 2.75) is 12.8 Å². The molecule has 0 bridgehead atoms. The Morgan fingerprint density at radius 2 is 1.74 bits per heavy atom. The Morgan fingerprint density at radius 3 is 2.52 bits per heavy atom. The number of halogens is 1. The second kappa shape index (κ2) is 9.25. The third-order valence-electron chi connectivity index (χ3n) is 3.67.